The van der Waals surface area contributed by atoms with E-state index in [4.69, 9.17) is 4.74 Å². The molecule has 0 spiro atoms. The molecule has 6 heteroatoms. The molecule has 0 bridgehead atoms. The molecule has 1 aliphatic heterocycles. The fourth-order valence-electron chi connectivity index (χ4n) is 3.25. The fraction of sp³-hybridized carbons (Fsp3) is 0.316. The van der Waals surface area contributed by atoms with Crippen LogP contribution in [-0.2, 0) is 10.3 Å². The summed E-state index contributed by atoms with van der Waals surface area (Å²) in [5, 5.41) is 14.2. The summed E-state index contributed by atoms with van der Waals surface area (Å²) in [7, 11) is 0. The van der Waals surface area contributed by atoms with Gasteiger partial charge < -0.3 is 10.1 Å². The Bertz CT molecular complexity index is 783. The van der Waals surface area contributed by atoms with E-state index in [9.17, 15) is 14.9 Å². The minimum Gasteiger partial charge on any atom is -0.450 e. The average molecular weight is 340 g/mol. The maximum Gasteiger partial charge on any atom is 0.339 e. The predicted molar refractivity (Wildman–Crippen MR) is 93.5 cm³/mol. The van der Waals surface area contributed by atoms with Crippen molar-refractivity contribution < 1.29 is 14.5 Å². The zero-order valence-corrected chi connectivity index (χ0v) is 14.0. The van der Waals surface area contributed by atoms with Crippen molar-refractivity contribution in [3.05, 3.63) is 75.3 Å². The van der Waals surface area contributed by atoms with Crippen molar-refractivity contribution in [2.75, 3.05) is 13.1 Å². The molecule has 25 heavy (non-hydrogen) atoms. The number of ether oxygens (including phenoxy) is 1. The Morgan fingerprint density at radius 2 is 1.84 bits per heavy atom. The van der Waals surface area contributed by atoms with Crippen molar-refractivity contribution >= 4 is 11.7 Å². The van der Waals surface area contributed by atoms with E-state index in [1.807, 2.05) is 30.3 Å². The van der Waals surface area contributed by atoms with Gasteiger partial charge in [0, 0.05) is 24.5 Å². The number of hydrogen-bond donors (Lipinski definition) is 1. The number of esters is 1. The number of piperidine rings is 1. The highest BCUT2D eigenvalue weighted by Crippen LogP contribution is 2.36. The predicted octanol–water partition coefficient (Wildman–Crippen LogP) is 3.34. The lowest BCUT2D eigenvalue weighted by molar-refractivity contribution is -0.385. The van der Waals surface area contributed by atoms with Gasteiger partial charge in [0.15, 0.2) is 0 Å². The van der Waals surface area contributed by atoms with Crippen molar-refractivity contribution in [2.45, 2.75) is 25.4 Å². The van der Waals surface area contributed by atoms with Crippen LogP contribution in [0.2, 0.25) is 0 Å². The molecule has 0 aromatic heterocycles. The van der Waals surface area contributed by atoms with E-state index >= 15 is 0 Å². The Kier molecular flexibility index (Phi) is 4.81. The van der Waals surface area contributed by atoms with Gasteiger partial charge in [0.2, 0.25) is 0 Å². The highest BCUT2D eigenvalue weighted by molar-refractivity contribution is 5.90. The number of nitrogens with one attached hydrogen (secondary N) is 1. The quantitative estimate of drug-likeness (QED) is 0.524. The molecule has 3 rings (SSSR count). The SMILES string of the molecule is Cc1cc(C(=O)OC2(c3ccccc3)CCNCC2)ccc1[N+](=O)[O-]. The van der Waals surface area contributed by atoms with Crippen LogP contribution < -0.4 is 5.32 Å². The third-order valence-electron chi connectivity index (χ3n) is 4.63. The van der Waals surface area contributed by atoms with E-state index in [2.05, 4.69) is 5.32 Å². The maximum atomic E-state index is 12.7. The van der Waals surface area contributed by atoms with Gasteiger partial charge in [-0.3, -0.25) is 10.1 Å². The van der Waals surface area contributed by atoms with Crippen LogP contribution >= 0.6 is 0 Å². The van der Waals surface area contributed by atoms with Crippen LogP contribution in [0, 0.1) is 17.0 Å². The number of carbonyl (C=O) groups is 1. The van der Waals surface area contributed by atoms with Crippen LogP contribution in [-0.4, -0.2) is 24.0 Å². The van der Waals surface area contributed by atoms with E-state index in [0.29, 0.717) is 24.0 Å². The van der Waals surface area contributed by atoms with Gasteiger partial charge in [-0.05, 0) is 37.7 Å². The number of nitro groups is 1. The van der Waals surface area contributed by atoms with E-state index in [-0.39, 0.29) is 5.69 Å². The lowest BCUT2D eigenvalue weighted by atomic mass is 9.84. The molecule has 6 nitrogen and oxygen atoms in total. The lowest BCUT2D eigenvalue weighted by Gasteiger charge is -2.37. The van der Waals surface area contributed by atoms with E-state index in [1.54, 1.807) is 6.92 Å². The normalized spacial score (nSPS) is 16.2. The molecular weight excluding hydrogens is 320 g/mol. The van der Waals surface area contributed by atoms with Gasteiger partial charge in [0.1, 0.15) is 5.60 Å². The first-order valence-corrected chi connectivity index (χ1v) is 8.26. The number of nitrogens with zero attached hydrogens (tertiary/aromatic N) is 1. The van der Waals surface area contributed by atoms with Crippen LogP contribution in [0.4, 0.5) is 5.69 Å². The van der Waals surface area contributed by atoms with Gasteiger partial charge in [-0.1, -0.05) is 30.3 Å². The Morgan fingerprint density at radius 1 is 1.16 bits per heavy atom. The first-order valence-electron chi connectivity index (χ1n) is 8.26. The van der Waals surface area contributed by atoms with Crippen molar-refractivity contribution in [1.82, 2.24) is 5.32 Å². The first kappa shape index (κ1) is 17.1. The second kappa shape index (κ2) is 7.03. The van der Waals surface area contributed by atoms with Crippen LogP contribution in [0.25, 0.3) is 0 Å². The molecule has 0 aliphatic carbocycles. The number of rotatable bonds is 4. The summed E-state index contributed by atoms with van der Waals surface area (Å²) in [5.74, 6) is -0.455. The summed E-state index contributed by atoms with van der Waals surface area (Å²) >= 11 is 0. The van der Waals surface area contributed by atoms with Gasteiger partial charge in [0.05, 0.1) is 10.5 Å². The van der Waals surface area contributed by atoms with Crippen LogP contribution in [0.15, 0.2) is 48.5 Å². The summed E-state index contributed by atoms with van der Waals surface area (Å²) in [6, 6.07) is 14.1. The lowest BCUT2D eigenvalue weighted by Crippen LogP contribution is -2.43. The van der Waals surface area contributed by atoms with Gasteiger partial charge in [-0.25, -0.2) is 4.79 Å². The van der Waals surface area contributed by atoms with Gasteiger partial charge in [-0.15, -0.1) is 0 Å². The minimum atomic E-state index is -0.667. The van der Waals surface area contributed by atoms with E-state index in [1.165, 1.54) is 18.2 Å². The van der Waals surface area contributed by atoms with Crippen LogP contribution in [0.1, 0.15) is 34.3 Å². The first-order chi connectivity index (χ1) is 12.0. The Labute approximate surface area is 146 Å². The molecule has 0 amide bonds. The highest BCUT2D eigenvalue weighted by Gasteiger charge is 2.38. The Balaban J connectivity index is 1.89. The standard InChI is InChI=1S/C19H20N2O4/c1-14-13-15(7-8-17(14)21(23)24)18(22)25-19(9-11-20-12-10-19)16-5-3-2-4-6-16/h2-8,13,20H,9-12H2,1H3. The van der Waals surface area contributed by atoms with Gasteiger partial charge >= 0.3 is 5.97 Å². The van der Waals surface area contributed by atoms with E-state index < -0.39 is 16.5 Å². The molecule has 0 unspecified atom stereocenters. The molecule has 1 fully saturated rings. The molecular formula is C19H20N2O4. The smallest absolute Gasteiger partial charge is 0.339 e. The summed E-state index contributed by atoms with van der Waals surface area (Å²) in [6.07, 6.45) is 1.38. The number of aryl methyl sites for hydroxylation is 1. The topological polar surface area (TPSA) is 81.5 Å². The van der Waals surface area contributed by atoms with E-state index in [0.717, 1.165) is 18.7 Å². The average Bonchev–Trinajstić information content (AvgIpc) is 2.63. The maximum absolute atomic E-state index is 12.7. The summed E-state index contributed by atoms with van der Waals surface area (Å²) < 4.78 is 5.96. The molecule has 0 saturated carbocycles. The van der Waals surface area contributed by atoms with Crippen molar-refractivity contribution in [1.29, 1.82) is 0 Å². The number of hydrogen-bond acceptors (Lipinski definition) is 5. The molecule has 1 N–H and O–H groups in total. The third kappa shape index (κ3) is 3.53. The number of carbonyl (C=O) groups excluding carboxylic acids is 1. The number of nitro benzene ring substituents is 1. The molecule has 1 saturated heterocycles. The molecule has 1 aliphatic rings. The van der Waals surface area contributed by atoms with Crippen LogP contribution in [0.5, 0.6) is 0 Å². The highest BCUT2D eigenvalue weighted by atomic mass is 16.6. The molecule has 2 aromatic carbocycles. The monoisotopic (exact) mass is 340 g/mol. The summed E-state index contributed by atoms with van der Waals surface area (Å²) in [4.78, 5) is 23.2. The summed E-state index contributed by atoms with van der Waals surface area (Å²) in [5.41, 5.74) is 1.08. The second-order valence-corrected chi connectivity index (χ2v) is 6.26. The minimum absolute atomic E-state index is 0.00353. The van der Waals surface area contributed by atoms with Crippen molar-refractivity contribution in [2.24, 2.45) is 0 Å². The Morgan fingerprint density at radius 3 is 2.44 bits per heavy atom. The van der Waals surface area contributed by atoms with Gasteiger partial charge in [0.25, 0.3) is 5.69 Å². The van der Waals surface area contributed by atoms with Crippen molar-refractivity contribution in [3.8, 4) is 0 Å². The zero-order valence-electron chi connectivity index (χ0n) is 14.0. The molecule has 0 radical (unpaired) electrons. The fourth-order valence-corrected chi connectivity index (χ4v) is 3.25. The number of benzene rings is 2. The molecule has 0 atom stereocenters. The van der Waals surface area contributed by atoms with Crippen molar-refractivity contribution in [3.63, 3.8) is 0 Å². The summed E-state index contributed by atoms with van der Waals surface area (Å²) in [6.45, 7) is 3.15. The third-order valence-corrected chi connectivity index (χ3v) is 4.63. The van der Waals surface area contributed by atoms with Gasteiger partial charge in [-0.2, -0.15) is 0 Å². The second-order valence-electron chi connectivity index (χ2n) is 6.26. The molecule has 130 valence electrons. The molecule has 2 aromatic rings. The zero-order chi connectivity index (χ0) is 17.9. The Hall–Kier alpha value is -2.73. The molecule has 1 heterocycles. The largest absolute Gasteiger partial charge is 0.450 e. The van der Waals surface area contributed by atoms with Crippen LogP contribution in [0.3, 0.4) is 0 Å².